The summed E-state index contributed by atoms with van der Waals surface area (Å²) in [5.41, 5.74) is 31.6. The van der Waals surface area contributed by atoms with Gasteiger partial charge in [-0.2, -0.15) is 0 Å². The zero-order chi connectivity index (χ0) is 94.8. The van der Waals surface area contributed by atoms with Gasteiger partial charge in [-0.1, -0.05) is 229 Å². The summed E-state index contributed by atoms with van der Waals surface area (Å²) >= 11 is 0. The van der Waals surface area contributed by atoms with Crippen molar-refractivity contribution in [3.8, 4) is 0 Å². The highest BCUT2D eigenvalue weighted by atomic mass is 28.6. The molecule has 0 fully saturated rings. The van der Waals surface area contributed by atoms with Gasteiger partial charge in [0.2, 0.25) is 133 Å². The lowest BCUT2D eigenvalue weighted by Gasteiger charge is -2.48. The molecular weight excluding hydrogens is 1830 g/mol. The molecule has 696 valence electrons. The van der Waals surface area contributed by atoms with Crippen LogP contribution in [0.3, 0.4) is 0 Å². The molecular formula is C84H184O16Si20. The van der Waals surface area contributed by atoms with Crippen LogP contribution in [0.15, 0.2) is 196 Å². The summed E-state index contributed by atoms with van der Waals surface area (Å²) in [6, 6.07) is 16.4. The van der Waals surface area contributed by atoms with Crippen molar-refractivity contribution in [1.29, 1.82) is 0 Å². The molecule has 0 atom stereocenters. The van der Waals surface area contributed by atoms with Crippen molar-refractivity contribution in [1.82, 2.24) is 0 Å². The molecule has 0 aromatic heterocycles. The molecule has 0 aliphatic carbocycles. The van der Waals surface area contributed by atoms with Crippen LogP contribution in [0.4, 0.5) is 0 Å². The van der Waals surface area contributed by atoms with Crippen LogP contribution in [0.25, 0.3) is 0 Å². The summed E-state index contributed by atoms with van der Waals surface area (Å²) in [6.45, 7) is 134. The fraction of sp³-hybridized carbons (Fsp3) is 0.619. The van der Waals surface area contributed by atoms with E-state index < -0.39 is 169 Å². The first-order valence-electron chi connectivity index (χ1n) is 44.8. The van der Waals surface area contributed by atoms with Gasteiger partial charge < -0.3 is 65.8 Å². The second-order valence-corrected chi connectivity index (χ2v) is 112. The zero-order valence-corrected chi connectivity index (χ0v) is 103. The summed E-state index contributed by atoms with van der Waals surface area (Å²) in [5, 5.41) is 0. The molecule has 0 N–H and O–H groups in total. The SMILES string of the molecule is C=C[Si](C)(C)O[Si](O[Si](C)(C)C=C)(O[Si](C)(C)C=C)O[Si](C)(C)C=C.C=C[Si](C)(C)O[Si](O[Si](C)(C)C=C)(O[Si](C)(C)C=C)O[Si](C=C)(CC)CC.C=C[Si](CC)(CC)O[Si](O[Si](C=C)(CC)CC)(O[Si](C=C)(CC)CC)O[Si](C=C)(CC)CC.C=C[Si](CC)(CC)O[Si](O[Si](C=C)(CC)CC)(O[Si](C=C)(CC)CC)O[Si](C=C)(CCC)CCC. The highest BCUT2D eigenvalue weighted by Gasteiger charge is 2.65. The van der Waals surface area contributed by atoms with E-state index in [9.17, 15) is 0 Å². The third-order valence-electron chi connectivity index (χ3n) is 23.4. The van der Waals surface area contributed by atoms with Crippen LogP contribution in [-0.2, 0) is 65.8 Å². The lowest BCUT2D eigenvalue weighted by molar-refractivity contribution is 0.143. The zero-order valence-electron chi connectivity index (χ0n) is 83.2. The minimum Gasteiger partial charge on any atom is -0.392 e. The Morgan fingerprint density at radius 1 is 0.142 bits per heavy atom. The van der Waals surface area contributed by atoms with Crippen LogP contribution in [-0.4, -0.2) is 169 Å². The largest absolute Gasteiger partial charge is 0.638 e. The highest BCUT2D eigenvalue weighted by molar-refractivity contribution is 7.00. The molecule has 0 spiro atoms. The van der Waals surface area contributed by atoms with Gasteiger partial charge in [0.05, 0.1) is 0 Å². The molecule has 0 aliphatic rings. The van der Waals surface area contributed by atoms with Crippen LogP contribution < -0.4 is 0 Å². The van der Waals surface area contributed by atoms with Gasteiger partial charge in [-0.3, -0.25) is 0 Å². The molecule has 0 rings (SSSR count). The molecule has 0 aromatic rings. The molecule has 120 heavy (non-hydrogen) atoms. The fourth-order valence-electron chi connectivity index (χ4n) is 12.4. The fourth-order valence-corrected chi connectivity index (χ4v) is 87.7. The molecule has 0 bridgehead atoms. The van der Waals surface area contributed by atoms with Gasteiger partial charge in [0.15, 0.2) is 0 Å². The maximum atomic E-state index is 7.39. The summed E-state index contributed by atoms with van der Waals surface area (Å²) in [4.78, 5) is 0. The Morgan fingerprint density at radius 3 is 0.317 bits per heavy atom. The smallest absolute Gasteiger partial charge is 0.392 e. The van der Waals surface area contributed by atoms with Crippen molar-refractivity contribution >= 4 is 169 Å². The van der Waals surface area contributed by atoms with Gasteiger partial charge in [0.25, 0.3) is 0 Å². The van der Waals surface area contributed by atoms with E-state index in [0.29, 0.717) is 0 Å². The van der Waals surface area contributed by atoms with Crippen LogP contribution >= 0.6 is 0 Å². The first-order valence-corrected chi connectivity index (χ1v) is 93.8. The van der Waals surface area contributed by atoms with Gasteiger partial charge in [-0.05, 0) is 200 Å². The van der Waals surface area contributed by atoms with Gasteiger partial charge >= 0.3 is 36.2 Å². The number of rotatable bonds is 68. The monoisotopic (exact) mass is 2010 g/mol. The maximum Gasteiger partial charge on any atom is 0.638 e. The minimum absolute atomic E-state index is 0.889. The quantitative estimate of drug-likeness (QED) is 0.0531. The topological polar surface area (TPSA) is 148 Å². The van der Waals surface area contributed by atoms with Crippen LogP contribution in [0.1, 0.15) is 137 Å². The van der Waals surface area contributed by atoms with Crippen molar-refractivity contribution in [2.75, 3.05) is 0 Å². The molecule has 0 aliphatic heterocycles. The summed E-state index contributed by atoms with van der Waals surface area (Å²) in [6.07, 6.45) is 2.07. The Morgan fingerprint density at radius 2 is 0.233 bits per heavy atom. The van der Waals surface area contributed by atoms with E-state index in [1.54, 1.807) is 0 Å². The number of hydrogen-bond donors (Lipinski definition) is 0. The Balaban J connectivity index is -0.000000754. The summed E-state index contributed by atoms with van der Waals surface area (Å²) in [5.74, 6) is 0. The van der Waals surface area contributed by atoms with Crippen LogP contribution in [0.2, 0.25) is 200 Å². The molecule has 16 nitrogen and oxygen atoms in total. The van der Waals surface area contributed by atoms with Gasteiger partial charge in [-0.25, -0.2) is 0 Å². The summed E-state index contributed by atoms with van der Waals surface area (Å²) < 4.78 is 111. The average Bonchev–Trinajstić information content (AvgIpc) is 0.764. The van der Waals surface area contributed by atoms with E-state index in [1.165, 1.54) is 0 Å². The second kappa shape index (κ2) is 55.7. The van der Waals surface area contributed by atoms with E-state index in [2.05, 4.69) is 344 Å². The van der Waals surface area contributed by atoms with E-state index in [-0.39, 0.29) is 0 Å². The maximum absolute atomic E-state index is 7.39. The van der Waals surface area contributed by atoms with Gasteiger partial charge in [0, 0.05) is 0 Å². The van der Waals surface area contributed by atoms with Gasteiger partial charge in [-0.15, -0.1) is 105 Å². The van der Waals surface area contributed by atoms with E-state index in [1.807, 2.05) is 68.4 Å². The third-order valence-corrected chi connectivity index (χ3v) is 104. The first-order chi connectivity index (χ1) is 55.4. The normalized spacial score (nSPS) is 13.7. The molecule has 0 aromatic carbocycles. The van der Waals surface area contributed by atoms with Crippen molar-refractivity contribution in [2.24, 2.45) is 0 Å². The Labute approximate surface area is 762 Å². The van der Waals surface area contributed by atoms with Crippen molar-refractivity contribution < 1.29 is 65.8 Å². The first kappa shape index (κ1) is 126. The van der Waals surface area contributed by atoms with E-state index >= 15 is 0 Å². The standard InChI is InChI=1S/C26H56O4Si5.C24H52O4Si5.C18H40O4Si5.C16H36O4Si5/c1-13-25-34(24-12,26-14-2)30-35(27-31(15-3,16-4)17-5,28-32(18-6,19-7)20-8)29-33(21-9,22-10)23-11;1-13-29(14-2,15-3)25-33(26-30(16-4,17-5)18-6,27-31(19-7,20-8)21-9)28-32(22-10,23-11)24-12;1-13-23(7,8)19-27(20-24(9,10)14-2,21-25(11,12)15-3)22-26(16-4,17-5)18-6;1-13-21(5,6)17-25(18-22(7,8)14-2,19-23(9,10)15-3)20-24(11,12)16-4/h15,18,21,24H,3,6,9,12-14,16-17,19-20,22-23,25-26H2,1-2,4-5,7-8,10-11H3;13,16,19,22H,1,4,7,10,14-15,17-18,20-21,23-24H2,2-3,5-6,8-9,11-12H3;13-16H,1-4,17-18H2,5-12H3;13-16H,1-4H2,5-12H3. The van der Waals surface area contributed by atoms with Crippen molar-refractivity contribution in [3.05, 3.63) is 196 Å². The molecule has 0 amide bonds. The lowest BCUT2D eigenvalue weighted by atomic mass is 10.6. The lowest BCUT2D eigenvalue weighted by Crippen LogP contribution is -2.68. The molecule has 36 heteroatoms. The average molecular weight is 2010 g/mol. The van der Waals surface area contributed by atoms with Crippen LogP contribution in [0.5, 0.6) is 0 Å². The molecule has 0 heterocycles. The van der Waals surface area contributed by atoms with E-state index in [4.69, 9.17) is 65.8 Å². The Bertz CT molecular complexity index is 2830. The predicted octanol–water partition coefficient (Wildman–Crippen LogP) is 28.6. The Hall–Kier alpha value is -0.462. The molecule has 0 unspecified atom stereocenters. The van der Waals surface area contributed by atoms with E-state index in [0.717, 1.165) is 122 Å². The molecule has 0 radical (unpaired) electrons. The minimum atomic E-state index is -3.66. The summed E-state index contributed by atoms with van der Waals surface area (Å²) in [7, 11) is -51.2. The Kier molecular flexibility index (Phi) is 58.4. The van der Waals surface area contributed by atoms with Crippen LogP contribution in [0, 0.1) is 0 Å². The predicted molar refractivity (Wildman–Crippen MR) is 576 cm³/mol. The third kappa shape index (κ3) is 40.1. The van der Waals surface area contributed by atoms with Crippen molar-refractivity contribution in [2.45, 2.75) is 338 Å². The number of hydrogen-bond acceptors (Lipinski definition) is 16. The molecule has 0 saturated heterocycles. The second-order valence-electron chi connectivity index (χ2n) is 34.9. The molecule has 0 saturated carbocycles. The highest BCUT2D eigenvalue weighted by Crippen LogP contribution is 2.43. The van der Waals surface area contributed by atoms with Gasteiger partial charge in [0.1, 0.15) is 0 Å². The van der Waals surface area contributed by atoms with Crippen molar-refractivity contribution in [3.63, 3.8) is 0 Å².